The van der Waals surface area contributed by atoms with Crippen LogP contribution in [0.5, 0.6) is 5.75 Å². The Kier molecular flexibility index (Phi) is 4.34. The molecule has 0 fully saturated rings. The van der Waals surface area contributed by atoms with Gasteiger partial charge in [-0.3, -0.25) is 0 Å². The van der Waals surface area contributed by atoms with E-state index in [1.807, 2.05) is 42.5 Å². The number of halogens is 1. The van der Waals surface area contributed by atoms with E-state index in [1.165, 1.54) is 0 Å². The first kappa shape index (κ1) is 14.0. The van der Waals surface area contributed by atoms with Crippen molar-refractivity contribution in [3.63, 3.8) is 0 Å². The molecule has 2 unspecified atom stereocenters. The quantitative estimate of drug-likeness (QED) is 0.909. The second kappa shape index (κ2) is 6.20. The third-order valence-electron chi connectivity index (χ3n) is 3.32. The Morgan fingerprint density at radius 2 is 1.95 bits per heavy atom. The largest absolute Gasteiger partial charge is 0.486 e. The Hall–Kier alpha value is -0.970. The summed E-state index contributed by atoms with van der Waals surface area (Å²) in [7, 11) is 0. The summed E-state index contributed by atoms with van der Waals surface area (Å²) in [5, 5.41) is 10.4. The molecule has 20 heavy (non-hydrogen) atoms. The topological polar surface area (TPSA) is 29.5 Å². The van der Waals surface area contributed by atoms with E-state index in [2.05, 4.69) is 22.0 Å². The predicted octanol–water partition coefficient (Wildman–Crippen LogP) is 3.91. The van der Waals surface area contributed by atoms with Crippen molar-refractivity contribution in [2.75, 3.05) is 5.75 Å². The van der Waals surface area contributed by atoms with Gasteiger partial charge < -0.3 is 9.84 Å². The molecular formula is C16H15BrO2S. The molecule has 0 aliphatic carbocycles. The lowest BCUT2D eigenvalue weighted by Gasteiger charge is -2.29. The SMILES string of the molecule is OC(Cc1ccc(Br)cc1)C1CSc2ccccc2O1. The number of thioether (sulfide) groups is 1. The third-order valence-corrected chi connectivity index (χ3v) is 4.99. The maximum Gasteiger partial charge on any atom is 0.134 e. The lowest BCUT2D eigenvalue weighted by atomic mass is 10.0. The molecule has 0 amide bonds. The summed E-state index contributed by atoms with van der Waals surface area (Å²) in [6.45, 7) is 0. The van der Waals surface area contributed by atoms with Gasteiger partial charge in [-0.2, -0.15) is 0 Å². The first-order valence-electron chi connectivity index (χ1n) is 6.53. The average molecular weight is 351 g/mol. The minimum atomic E-state index is -0.489. The van der Waals surface area contributed by atoms with Crippen LogP contribution in [-0.2, 0) is 6.42 Å². The smallest absolute Gasteiger partial charge is 0.134 e. The minimum absolute atomic E-state index is 0.154. The average Bonchev–Trinajstić information content (AvgIpc) is 2.49. The van der Waals surface area contributed by atoms with Crippen LogP contribution in [0.3, 0.4) is 0 Å². The fraction of sp³-hybridized carbons (Fsp3) is 0.250. The van der Waals surface area contributed by atoms with Crippen LogP contribution < -0.4 is 4.74 Å². The van der Waals surface area contributed by atoms with Crippen LogP contribution in [0.25, 0.3) is 0 Å². The van der Waals surface area contributed by atoms with Crippen LogP contribution >= 0.6 is 27.7 Å². The van der Waals surface area contributed by atoms with E-state index in [0.29, 0.717) is 6.42 Å². The number of benzene rings is 2. The van der Waals surface area contributed by atoms with Gasteiger partial charge in [0, 0.05) is 21.5 Å². The summed E-state index contributed by atoms with van der Waals surface area (Å²) in [4.78, 5) is 1.15. The normalized spacial score (nSPS) is 19.0. The minimum Gasteiger partial charge on any atom is -0.486 e. The fourth-order valence-electron chi connectivity index (χ4n) is 2.22. The van der Waals surface area contributed by atoms with Crippen molar-refractivity contribution in [1.82, 2.24) is 0 Å². The van der Waals surface area contributed by atoms with E-state index in [9.17, 15) is 5.11 Å². The maximum absolute atomic E-state index is 10.4. The Labute approximate surface area is 131 Å². The predicted molar refractivity (Wildman–Crippen MR) is 85.4 cm³/mol. The molecule has 4 heteroatoms. The van der Waals surface area contributed by atoms with Gasteiger partial charge in [-0.05, 0) is 29.8 Å². The van der Waals surface area contributed by atoms with Gasteiger partial charge in [0.2, 0.25) is 0 Å². The molecule has 0 saturated heterocycles. The van der Waals surface area contributed by atoms with Gasteiger partial charge in [-0.25, -0.2) is 0 Å². The van der Waals surface area contributed by atoms with Crippen molar-refractivity contribution in [2.45, 2.75) is 23.5 Å². The zero-order valence-corrected chi connectivity index (χ0v) is 13.2. The molecule has 2 aromatic rings. The number of aliphatic hydroxyl groups is 1. The molecular weight excluding hydrogens is 336 g/mol. The Morgan fingerprint density at radius 1 is 1.20 bits per heavy atom. The number of fused-ring (bicyclic) bond motifs is 1. The summed E-state index contributed by atoms with van der Waals surface area (Å²) in [5.74, 6) is 1.66. The van der Waals surface area contributed by atoms with Crippen molar-refractivity contribution in [2.24, 2.45) is 0 Å². The molecule has 0 aromatic heterocycles. The first-order valence-corrected chi connectivity index (χ1v) is 8.31. The summed E-state index contributed by atoms with van der Waals surface area (Å²) in [6.07, 6.45) is -0.0312. The van der Waals surface area contributed by atoms with Gasteiger partial charge in [0.25, 0.3) is 0 Å². The third kappa shape index (κ3) is 3.19. The number of hydrogen-bond donors (Lipinski definition) is 1. The molecule has 2 nitrogen and oxygen atoms in total. The van der Waals surface area contributed by atoms with Crippen LogP contribution in [0.2, 0.25) is 0 Å². The molecule has 1 aliphatic heterocycles. The number of ether oxygens (including phenoxy) is 1. The van der Waals surface area contributed by atoms with Crippen molar-refractivity contribution >= 4 is 27.7 Å². The Bertz CT molecular complexity index is 585. The molecule has 1 heterocycles. The van der Waals surface area contributed by atoms with Crippen LogP contribution in [0.15, 0.2) is 57.9 Å². The van der Waals surface area contributed by atoms with E-state index >= 15 is 0 Å². The Morgan fingerprint density at radius 3 is 2.75 bits per heavy atom. The lowest BCUT2D eigenvalue weighted by Crippen LogP contribution is -2.37. The standard InChI is InChI=1S/C16H15BrO2S/c17-12-7-5-11(6-8-12)9-13(18)15-10-20-16-4-2-1-3-14(16)19-15/h1-8,13,15,18H,9-10H2. The summed E-state index contributed by atoms with van der Waals surface area (Å²) >= 11 is 5.16. The van der Waals surface area contributed by atoms with Gasteiger partial charge in [0.05, 0.1) is 6.10 Å². The maximum atomic E-state index is 10.4. The molecule has 1 aliphatic rings. The molecule has 0 saturated carbocycles. The van der Waals surface area contributed by atoms with Crippen LogP contribution in [0.4, 0.5) is 0 Å². The zero-order chi connectivity index (χ0) is 13.9. The van der Waals surface area contributed by atoms with Gasteiger partial charge in [-0.15, -0.1) is 11.8 Å². The van der Waals surface area contributed by atoms with Gasteiger partial charge in [-0.1, -0.05) is 40.2 Å². The van der Waals surface area contributed by atoms with Crippen molar-refractivity contribution in [3.05, 3.63) is 58.6 Å². The highest BCUT2D eigenvalue weighted by atomic mass is 79.9. The number of hydrogen-bond acceptors (Lipinski definition) is 3. The van der Waals surface area contributed by atoms with Gasteiger partial charge in [0.15, 0.2) is 0 Å². The molecule has 1 N–H and O–H groups in total. The first-order chi connectivity index (χ1) is 9.72. The molecule has 2 atom stereocenters. The number of rotatable bonds is 3. The van der Waals surface area contributed by atoms with E-state index in [1.54, 1.807) is 11.8 Å². The van der Waals surface area contributed by atoms with Crippen molar-refractivity contribution in [1.29, 1.82) is 0 Å². The van der Waals surface area contributed by atoms with E-state index < -0.39 is 6.10 Å². The molecule has 2 aromatic carbocycles. The number of aliphatic hydroxyl groups excluding tert-OH is 1. The highest BCUT2D eigenvalue weighted by molar-refractivity contribution is 9.10. The molecule has 0 radical (unpaired) electrons. The molecule has 104 valence electrons. The van der Waals surface area contributed by atoms with Crippen LogP contribution in [0.1, 0.15) is 5.56 Å². The second-order valence-corrected chi connectivity index (χ2v) is 6.79. The summed E-state index contributed by atoms with van der Waals surface area (Å²) in [6, 6.07) is 16.0. The summed E-state index contributed by atoms with van der Waals surface area (Å²) in [5.41, 5.74) is 1.12. The van der Waals surface area contributed by atoms with E-state index in [-0.39, 0.29) is 6.10 Å². The van der Waals surface area contributed by atoms with Crippen LogP contribution in [-0.4, -0.2) is 23.1 Å². The van der Waals surface area contributed by atoms with E-state index in [4.69, 9.17) is 4.74 Å². The zero-order valence-electron chi connectivity index (χ0n) is 10.8. The highest BCUT2D eigenvalue weighted by Crippen LogP contribution is 2.36. The highest BCUT2D eigenvalue weighted by Gasteiger charge is 2.26. The van der Waals surface area contributed by atoms with Gasteiger partial charge >= 0.3 is 0 Å². The molecule has 0 bridgehead atoms. The molecule has 3 rings (SSSR count). The van der Waals surface area contributed by atoms with Crippen molar-refractivity contribution in [3.8, 4) is 5.75 Å². The van der Waals surface area contributed by atoms with Gasteiger partial charge in [0.1, 0.15) is 11.9 Å². The lowest BCUT2D eigenvalue weighted by molar-refractivity contribution is 0.0468. The number of para-hydroxylation sites is 1. The monoisotopic (exact) mass is 350 g/mol. The second-order valence-electron chi connectivity index (χ2n) is 4.81. The summed E-state index contributed by atoms with van der Waals surface area (Å²) < 4.78 is 6.96. The van der Waals surface area contributed by atoms with Crippen molar-refractivity contribution < 1.29 is 9.84 Å². The Balaban J connectivity index is 1.67. The van der Waals surface area contributed by atoms with Crippen LogP contribution in [0, 0.1) is 0 Å². The fourth-order valence-corrected chi connectivity index (χ4v) is 3.55. The molecule has 0 spiro atoms. The van der Waals surface area contributed by atoms with E-state index in [0.717, 1.165) is 26.4 Å².